The number of carbonyl (C=O) groups is 1. The molecule has 0 bridgehead atoms. The van der Waals surface area contributed by atoms with Gasteiger partial charge >= 0.3 is 0 Å². The molecule has 0 saturated carbocycles. The maximum Gasteiger partial charge on any atom is 0.235 e. The molecule has 126 valence electrons. The number of amides is 1. The van der Waals surface area contributed by atoms with Gasteiger partial charge in [-0.15, -0.1) is 11.8 Å². The first-order valence-electron chi connectivity index (χ1n) is 8.08. The van der Waals surface area contributed by atoms with Crippen LogP contribution < -0.4 is 0 Å². The lowest BCUT2D eigenvalue weighted by atomic mass is 9.96. The first kappa shape index (κ1) is 17.1. The van der Waals surface area contributed by atoms with Crippen LogP contribution in [0.4, 0.5) is 0 Å². The van der Waals surface area contributed by atoms with Crippen molar-refractivity contribution in [3.63, 3.8) is 0 Å². The Kier molecular flexibility index (Phi) is 5.85. The Balaban J connectivity index is 1.51. The average Bonchev–Trinajstić information content (AvgIpc) is 3.11. The molecule has 1 aromatic carbocycles. The van der Waals surface area contributed by atoms with E-state index in [2.05, 4.69) is 0 Å². The normalized spacial score (nSPS) is 21.6. The maximum absolute atomic E-state index is 12.6. The Morgan fingerprint density at radius 1 is 1.26 bits per heavy atom. The van der Waals surface area contributed by atoms with Gasteiger partial charge in [0.1, 0.15) is 0 Å². The molecule has 3 rings (SSSR count). The highest BCUT2D eigenvalue weighted by Gasteiger charge is 2.33. The molecule has 0 radical (unpaired) electrons. The molecule has 1 aromatic rings. The Bertz CT molecular complexity index is 542. The number of carbonyl (C=O) groups excluding carboxylic acids is 1. The summed E-state index contributed by atoms with van der Waals surface area (Å²) in [6, 6.07) is 7.65. The smallest absolute Gasteiger partial charge is 0.235 e. The lowest BCUT2D eigenvalue weighted by molar-refractivity contribution is -0.136. The van der Waals surface area contributed by atoms with Crippen LogP contribution in [0.25, 0.3) is 0 Å². The summed E-state index contributed by atoms with van der Waals surface area (Å²) in [5.41, 5.74) is 0. The molecule has 6 heteroatoms. The van der Waals surface area contributed by atoms with Crippen LogP contribution in [-0.2, 0) is 14.3 Å². The number of piperidine rings is 1. The van der Waals surface area contributed by atoms with E-state index in [9.17, 15) is 4.79 Å². The zero-order valence-electron chi connectivity index (χ0n) is 13.2. The van der Waals surface area contributed by atoms with Crippen LogP contribution in [0, 0.1) is 5.92 Å². The van der Waals surface area contributed by atoms with Crippen LogP contribution in [-0.4, -0.2) is 48.7 Å². The molecule has 0 aromatic heterocycles. The first-order chi connectivity index (χ1) is 11.1. The lowest BCUT2D eigenvalue weighted by Crippen LogP contribution is -2.44. The van der Waals surface area contributed by atoms with Gasteiger partial charge in [0.25, 0.3) is 0 Å². The van der Waals surface area contributed by atoms with Crippen LogP contribution in [0.15, 0.2) is 29.2 Å². The van der Waals surface area contributed by atoms with Crippen molar-refractivity contribution < 1.29 is 14.3 Å². The van der Waals surface area contributed by atoms with E-state index >= 15 is 0 Å². The molecule has 1 atom stereocenters. The van der Waals surface area contributed by atoms with E-state index in [4.69, 9.17) is 21.1 Å². The number of thioether (sulfide) groups is 1. The Morgan fingerprint density at radius 2 is 1.91 bits per heavy atom. The molecule has 2 saturated heterocycles. The van der Waals surface area contributed by atoms with Gasteiger partial charge in [0, 0.05) is 23.9 Å². The Hall–Kier alpha value is -0.750. The van der Waals surface area contributed by atoms with Gasteiger partial charge in [-0.2, -0.15) is 0 Å². The highest BCUT2D eigenvalue weighted by atomic mass is 35.5. The van der Waals surface area contributed by atoms with Crippen LogP contribution in [0.2, 0.25) is 5.02 Å². The number of benzene rings is 1. The molecule has 4 nitrogen and oxygen atoms in total. The number of halogens is 1. The molecule has 2 aliphatic rings. The fourth-order valence-electron chi connectivity index (χ4n) is 3.08. The Morgan fingerprint density at radius 3 is 2.57 bits per heavy atom. The van der Waals surface area contributed by atoms with Crippen LogP contribution in [0.1, 0.15) is 19.8 Å². The summed E-state index contributed by atoms with van der Waals surface area (Å²) >= 11 is 7.70. The molecule has 1 amide bonds. The van der Waals surface area contributed by atoms with Crippen molar-refractivity contribution >= 4 is 29.3 Å². The van der Waals surface area contributed by atoms with Crippen LogP contribution >= 0.6 is 23.4 Å². The van der Waals surface area contributed by atoms with Gasteiger partial charge in [-0.05, 0) is 31.9 Å². The van der Waals surface area contributed by atoms with Crippen molar-refractivity contribution in [3.8, 4) is 0 Å². The van der Waals surface area contributed by atoms with Gasteiger partial charge in [-0.25, -0.2) is 0 Å². The van der Waals surface area contributed by atoms with Gasteiger partial charge in [-0.1, -0.05) is 23.7 Å². The molecule has 0 aliphatic carbocycles. The predicted molar refractivity (Wildman–Crippen MR) is 91.8 cm³/mol. The molecule has 2 aliphatic heterocycles. The molecule has 0 N–H and O–H groups in total. The fourth-order valence-corrected chi connectivity index (χ4v) is 4.32. The number of hydrogen-bond donors (Lipinski definition) is 0. The summed E-state index contributed by atoms with van der Waals surface area (Å²) < 4.78 is 11.2. The quantitative estimate of drug-likeness (QED) is 0.776. The van der Waals surface area contributed by atoms with E-state index in [1.165, 1.54) is 11.8 Å². The molecule has 0 spiro atoms. The van der Waals surface area contributed by atoms with E-state index in [0.717, 1.165) is 30.8 Å². The largest absolute Gasteiger partial charge is 0.350 e. The second-order valence-electron chi connectivity index (χ2n) is 5.96. The highest BCUT2D eigenvalue weighted by molar-refractivity contribution is 8.00. The monoisotopic (exact) mass is 355 g/mol. The fraction of sp³-hybridized carbons (Fsp3) is 0.588. The number of ether oxygens (including phenoxy) is 2. The van der Waals surface area contributed by atoms with Crippen molar-refractivity contribution in [3.05, 3.63) is 29.3 Å². The van der Waals surface area contributed by atoms with E-state index in [-0.39, 0.29) is 17.4 Å². The zero-order chi connectivity index (χ0) is 16.2. The van der Waals surface area contributed by atoms with E-state index in [1.54, 1.807) is 0 Å². The third kappa shape index (κ3) is 4.21. The summed E-state index contributed by atoms with van der Waals surface area (Å²) in [6.07, 6.45) is 1.82. The molecule has 2 fully saturated rings. The summed E-state index contributed by atoms with van der Waals surface area (Å²) in [4.78, 5) is 15.6. The molecular weight excluding hydrogens is 334 g/mol. The van der Waals surface area contributed by atoms with Gasteiger partial charge in [0.15, 0.2) is 6.29 Å². The van der Waals surface area contributed by atoms with Crippen molar-refractivity contribution in [1.29, 1.82) is 0 Å². The van der Waals surface area contributed by atoms with Gasteiger partial charge in [0.05, 0.1) is 23.5 Å². The van der Waals surface area contributed by atoms with Gasteiger partial charge in [-0.3, -0.25) is 4.79 Å². The lowest BCUT2D eigenvalue weighted by Gasteiger charge is -2.35. The highest BCUT2D eigenvalue weighted by Crippen LogP contribution is 2.32. The summed E-state index contributed by atoms with van der Waals surface area (Å²) in [5.74, 6) is 0.592. The van der Waals surface area contributed by atoms with Crippen molar-refractivity contribution in [2.75, 3.05) is 26.3 Å². The molecule has 2 heterocycles. The van der Waals surface area contributed by atoms with Crippen LogP contribution in [0.3, 0.4) is 0 Å². The number of likely N-dealkylation sites (tertiary alicyclic amines) is 1. The summed E-state index contributed by atoms with van der Waals surface area (Å²) in [7, 11) is 0. The topological polar surface area (TPSA) is 38.8 Å². The number of rotatable bonds is 4. The minimum absolute atomic E-state index is 0.0674. The second-order valence-corrected chi connectivity index (χ2v) is 7.75. The number of hydrogen-bond acceptors (Lipinski definition) is 4. The van der Waals surface area contributed by atoms with Crippen LogP contribution in [0.5, 0.6) is 0 Å². The maximum atomic E-state index is 12.6. The summed E-state index contributed by atoms with van der Waals surface area (Å²) in [6.45, 7) is 4.89. The minimum Gasteiger partial charge on any atom is -0.350 e. The third-order valence-electron chi connectivity index (χ3n) is 4.37. The molecular formula is C17H22ClNO3S. The van der Waals surface area contributed by atoms with Crippen molar-refractivity contribution in [1.82, 2.24) is 4.90 Å². The van der Waals surface area contributed by atoms with Gasteiger partial charge < -0.3 is 14.4 Å². The van der Waals surface area contributed by atoms with Crippen molar-refractivity contribution in [2.45, 2.75) is 36.2 Å². The van der Waals surface area contributed by atoms with E-state index in [0.29, 0.717) is 24.2 Å². The predicted octanol–water partition coefficient (Wildman–Crippen LogP) is 3.43. The SMILES string of the molecule is CC(Sc1ccccc1Cl)C(=O)N1CCC(C2OCCO2)CC1. The Labute approximate surface area is 146 Å². The standard InChI is InChI=1S/C17H22ClNO3S/c1-12(23-15-5-3-2-4-14(15)18)16(20)19-8-6-13(7-9-19)17-21-10-11-22-17/h2-5,12-13,17H,6-11H2,1H3. The second kappa shape index (κ2) is 7.88. The average molecular weight is 356 g/mol. The van der Waals surface area contributed by atoms with E-state index < -0.39 is 0 Å². The van der Waals surface area contributed by atoms with Gasteiger partial charge in [0.2, 0.25) is 5.91 Å². The minimum atomic E-state index is -0.134. The van der Waals surface area contributed by atoms with Crippen molar-refractivity contribution in [2.24, 2.45) is 5.92 Å². The third-order valence-corrected chi connectivity index (χ3v) is 5.98. The molecule has 23 heavy (non-hydrogen) atoms. The number of nitrogens with zero attached hydrogens (tertiary/aromatic N) is 1. The molecule has 1 unspecified atom stereocenters. The van der Waals surface area contributed by atoms with E-state index in [1.807, 2.05) is 36.1 Å². The first-order valence-corrected chi connectivity index (χ1v) is 9.34. The summed E-state index contributed by atoms with van der Waals surface area (Å²) in [5, 5.41) is 0.566. The zero-order valence-corrected chi connectivity index (χ0v) is 14.8.